The van der Waals surface area contributed by atoms with Gasteiger partial charge in [0.05, 0.1) is 0 Å². The Bertz CT molecular complexity index is 674. The molecule has 0 unspecified atom stereocenters. The Morgan fingerprint density at radius 1 is 1.12 bits per heavy atom. The van der Waals surface area contributed by atoms with Crippen LogP contribution in [-0.4, -0.2) is 9.47 Å². The maximum atomic E-state index is 4.68. The van der Waals surface area contributed by atoms with E-state index in [1.54, 1.807) is 0 Å². The predicted molar refractivity (Wildman–Crippen MR) is 68.0 cm³/mol. The van der Waals surface area contributed by atoms with Crippen molar-refractivity contribution in [3.8, 4) is 11.3 Å². The van der Waals surface area contributed by atoms with Gasteiger partial charge in [-0.05, 0) is 16.4 Å². The highest BCUT2D eigenvalue weighted by Gasteiger charge is 2.18. The van der Waals surface area contributed by atoms with Gasteiger partial charge in [-0.3, -0.25) is 0 Å². The molecule has 2 aromatic heterocycles. The van der Waals surface area contributed by atoms with Gasteiger partial charge in [0.15, 0.2) is 5.69 Å². The summed E-state index contributed by atoms with van der Waals surface area (Å²) in [7, 11) is 0. The van der Waals surface area contributed by atoms with Crippen molar-refractivity contribution >= 4 is 17.2 Å². The quantitative estimate of drug-likeness (QED) is 0.614. The lowest BCUT2D eigenvalue weighted by Crippen LogP contribution is -2.27. The maximum Gasteiger partial charge on any atom is 0.364 e. The van der Waals surface area contributed by atoms with E-state index in [1.807, 2.05) is 29.6 Å². The van der Waals surface area contributed by atoms with Crippen LogP contribution in [0.25, 0.3) is 16.9 Å². The SMILES string of the molecule is Cc1sn[n+]2c(C)cc(-c3ccccc3)nc12. The van der Waals surface area contributed by atoms with Crippen molar-refractivity contribution in [1.29, 1.82) is 0 Å². The summed E-state index contributed by atoms with van der Waals surface area (Å²) in [5.41, 5.74) is 4.21. The number of hydrogen-bond acceptors (Lipinski definition) is 3. The Morgan fingerprint density at radius 3 is 2.65 bits per heavy atom. The molecule has 0 aliphatic rings. The second kappa shape index (κ2) is 3.89. The molecule has 2 heterocycles. The molecule has 0 saturated carbocycles. The van der Waals surface area contributed by atoms with Crippen molar-refractivity contribution in [2.45, 2.75) is 13.8 Å². The third-order valence-corrected chi connectivity index (χ3v) is 3.45. The van der Waals surface area contributed by atoms with Gasteiger partial charge in [-0.25, -0.2) is 0 Å². The highest BCUT2D eigenvalue weighted by Crippen LogP contribution is 2.18. The van der Waals surface area contributed by atoms with Crippen LogP contribution in [-0.2, 0) is 0 Å². The Balaban J connectivity index is 2.28. The molecular formula is C13H12N3S+. The minimum absolute atomic E-state index is 0.953. The fourth-order valence-electron chi connectivity index (χ4n) is 1.85. The normalized spacial score (nSPS) is 10.9. The van der Waals surface area contributed by atoms with E-state index in [0.717, 1.165) is 27.5 Å². The molecule has 0 radical (unpaired) electrons. The standard InChI is InChI=1S/C13H12N3S/c1-9-8-12(11-6-4-3-5-7-11)14-13-10(2)17-15-16(9)13/h3-8H,1-2H3/q+1. The van der Waals surface area contributed by atoms with Gasteiger partial charge >= 0.3 is 5.65 Å². The number of rotatable bonds is 1. The van der Waals surface area contributed by atoms with E-state index in [2.05, 4.69) is 34.6 Å². The summed E-state index contributed by atoms with van der Waals surface area (Å²) in [6.45, 7) is 4.11. The van der Waals surface area contributed by atoms with Gasteiger partial charge in [0, 0.05) is 30.1 Å². The minimum Gasteiger partial charge on any atom is -0.0866 e. The number of hydrogen-bond donors (Lipinski definition) is 0. The van der Waals surface area contributed by atoms with Crippen molar-refractivity contribution in [3.63, 3.8) is 0 Å². The molecule has 0 amide bonds. The fraction of sp³-hybridized carbons (Fsp3) is 0.154. The Kier molecular flexibility index (Phi) is 2.37. The minimum atomic E-state index is 0.953. The van der Waals surface area contributed by atoms with Gasteiger partial charge in [-0.15, -0.1) is 0 Å². The van der Waals surface area contributed by atoms with E-state index in [-0.39, 0.29) is 0 Å². The molecule has 3 nitrogen and oxygen atoms in total. The molecular weight excluding hydrogens is 230 g/mol. The van der Waals surface area contributed by atoms with Crippen molar-refractivity contribution in [2.24, 2.45) is 0 Å². The Labute approximate surface area is 104 Å². The summed E-state index contributed by atoms with van der Waals surface area (Å²) in [6, 6.07) is 12.3. The molecule has 4 heteroatoms. The maximum absolute atomic E-state index is 4.68. The lowest BCUT2D eigenvalue weighted by atomic mass is 10.1. The molecule has 0 aliphatic heterocycles. The van der Waals surface area contributed by atoms with Crippen LogP contribution < -0.4 is 4.52 Å². The smallest absolute Gasteiger partial charge is 0.0866 e. The van der Waals surface area contributed by atoms with E-state index in [1.165, 1.54) is 11.5 Å². The van der Waals surface area contributed by atoms with E-state index in [0.29, 0.717) is 0 Å². The van der Waals surface area contributed by atoms with Crippen molar-refractivity contribution in [1.82, 2.24) is 9.47 Å². The Hall–Kier alpha value is -1.81. The average molecular weight is 242 g/mol. The van der Waals surface area contributed by atoms with E-state index in [9.17, 15) is 0 Å². The van der Waals surface area contributed by atoms with Gasteiger partial charge in [-0.2, -0.15) is 0 Å². The number of aryl methyl sites for hydroxylation is 2. The van der Waals surface area contributed by atoms with E-state index < -0.39 is 0 Å². The summed E-state index contributed by atoms with van der Waals surface area (Å²) < 4.78 is 6.24. The summed E-state index contributed by atoms with van der Waals surface area (Å²) in [4.78, 5) is 5.82. The van der Waals surface area contributed by atoms with Gasteiger partial charge in [-0.1, -0.05) is 34.8 Å². The zero-order valence-corrected chi connectivity index (χ0v) is 10.5. The first-order chi connectivity index (χ1) is 8.25. The van der Waals surface area contributed by atoms with Crippen LogP contribution in [0.4, 0.5) is 0 Å². The topological polar surface area (TPSA) is 29.9 Å². The highest BCUT2D eigenvalue weighted by molar-refractivity contribution is 7.05. The van der Waals surface area contributed by atoms with Crippen LogP contribution >= 0.6 is 11.5 Å². The zero-order valence-electron chi connectivity index (χ0n) is 9.71. The van der Waals surface area contributed by atoms with Crippen LogP contribution in [0, 0.1) is 13.8 Å². The molecule has 0 fully saturated rings. The van der Waals surface area contributed by atoms with Crippen LogP contribution in [0.5, 0.6) is 0 Å². The third kappa shape index (κ3) is 1.70. The van der Waals surface area contributed by atoms with Crippen LogP contribution in [0.3, 0.4) is 0 Å². The first-order valence-corrected chi connectivity index (χ1v) is 6.24. The lowest BCUT2D eigenvalue weighted by molar-refractivity contribution is -0.580. The molecule has 84 valence electrons. The number of nitrogens with zero attached hydrogens (tertiary/aromatic N) is 3. The lowest BCUT2D eigenvalue weighted by Gasteiger charge is -1.96. The molecule has 0 bridgehead atoms. The highest BCUT2D eigenvalue weighted by atomic mass is 32.1. The molecule has 0 atom stereocenters. The second-order valence-electron chi connectivity index (χ2n) is 4.01. The summed E-state index contributed by atoms with van der Waals surface area (Å²) in [6.07, 6.45) is 0. The van der Waals surface area contributed by atoms with Crippen LogP contribution in [0.15, 0.2) is 36.4 Å². The predicted octanol–water partition coefficient (Wildman–Crippen LogP) is 2.56. The molecule has 0 saturated heterocycles. The third-order valence-electron chi connectivity index (χ3n) is 2.75. The summed E-state index contributed by atoms with van der Waals surface area (Å²) in [5.74, 6) is 0. The molecule has 0 spiro atoms. The zero-order chi connectivity index (χ0) is 11.8. The van der Waals surface area contributed by atoms with Crippen molar-refractivity contribution in [2.75, 3.05) is 0 Å². The van der Waals surface area contributed by atoms with E-state index >= 15 is 0 Å². The molecule has 1 aromatic carbocycles. The fourth-order valence-corrected chi connectivity index (χ4v) is 2.47. The van der Waals surface area contributed by atoms with E-state index in [4.69, 9.17) is 0 Å². The first kappa shape index (κ1) is 10.4. The van der Waals surface area contributed by atoms with Crippen LogP contribution in [0.2, 0.25) is 0 Å². The van der Waals surface area contributed by atoms with Gasteiger partial charge in [0.2, 0.25) is 0 Å². The average Bonchev–Trinajstić information content (AvgIpc) is 2.73. The Morgan fingerprint density at radius 2 is 1.88 bits per heavy atom. The molecule has 0 N–H and O–H groups in total. The number of aromatic nitrogens is 3. The molecule has 3 aromatic rings. The van der Waals surface area contributed by atoms with Crippen LogP contribution in [0.1, 0.15) is 10.6 Å². The molecule has 17 heavy (non-hydrogen) atoms. The summed E-state index contributed by atoms with van der Waals surface area (Å²) >= 11 is 1.49. The number of benzene rings is 1. The first-order valence-electron chi connectivity index (χ1n) is 5.47. The van der Waals surface area contributed by atoms with Gasteiger partial charge < -0.3 is 0 Å². The van der Waals surface area contributed by atoms with Gasteiger partial charge in [0.25, 0.3) is 0 Å². The second-order valence-corrected chi connectivity index (χ2v) is 4.97. The molecule has 0 aliphatic carbocycles. The van der Waals surface area contributed by atoms with Crippen molar-refractivity contribution < 1.29 is 4.52 Å². The number of fused-ring (bicyclic) bond motifs is 1. The largest absolute Gasteiger partial charge is 0.364 e. The molecule has 3 rings (SSSR count). The monoisotopic (exact) mass is 242 g/mol. The summed E-state index contributed by atoms with van der Waals surface area (Å²) in [5, 5.41) is 0. The van der Waals surface area contributed by atoms with Gasteiger partial charge in [0.1, 0.15) is 10.6 Å². The van der Waals surface area contributed by atoms with Crippen molar-refractivity contribution in [3.05, 3.63) is 47.0 Å².